The van der Waals surface area contributed by atoms with Gasteiger partial charge in [0, 0.05) is 25.1 Å². The SMILES string of the molecule is CNc1cc(NC(C)C(=O)NC2CC2)nc(C2CC2)n1. The number of hydrogen-bond acceptors (Lipinski definition) is 5. The minimum atomic E-state index is -0.290. The van der Waals surface area contributed by atoms with E-state index in [9.17, 15) is 4.79 Å². The minimum Gasteiger partial charge on any atom is -0.373 e. The van der Waals surface area contributed by atoms with E-state index in [1.54, 1.807) is 0 Å². The molecule has 2 saturated carbocycles. The summed E-state index contributed by atoms with van der Waals surface area (Å²) < 4.78 is 0. The number of amides is 1. The van der Waals surface area contributed by atoms with Crippen molar-refractivity contribution in [1.29, 1.82) is 0 Å². The first-order chi connectivity index (χ1) is 9.65. The van der Waals surface area contributed by atoms with Gasteiger partial charge in [0.05, 0.1) is 0 Å². The molecular formula is C14H21N5O. The highest BCUT2D eigenvalue weighted by molar-refractivity contribution is 5.84. The van der Waals surface area contributed by atoms with Crippen molar-refractivity contribution >= 4 is 17.5 Å². The summed E-state index contributed by atoms with van der Waals surface area (Å²) in [5.41, 5.74) is 0. The van der Waals surface area contributed by atoms with E-state index in [0.29, 0.717) is 17.8 Å². The van der Waals surface area contributed by atoms with Crippen molar-refractivity contribution in [2.75, 3.05) is 17.7 Å². The van der Waals surface area contributed by atoms with Crippen LogP contribution >= 0.6 is 0 Å². The molecule has 0 aromatic carbocycles. The molecule has 1 atom stereocenters. The molecule has 2 aliphatic carbocycles. The van der Waals surface area contributed by atoms with Crippen molar-refractivity contribution in [2.24, 2.45) is 0 Å². The van der Waals surface area contributed by atoms with E-state index in [2.05, 4.69) is 25.9 Å². The third kappa shape index (κ3) is 3.18. The van der Waals surface area contributed by atoms with Crippen LogP contribution in [0, 0.1) is 0 Å². The molecule has 0 spiro atoms. The zero-order valence-electron chi connectivity index (χ0n) is 11.9. The molecule has 20 heavy (non-hydrogen) atoms. The van der Waals surface area contributed by atoms with Gasteiger partial charge in [0.1, 0.15) is 23.5 Å². The maximum atomic E-state index is 12.0. The highest BCUT2D eigenvalue weighted by Gasteiger charge is 2.28. The molecule has 3 rings (SSSR count). The van der Waals surface area contributed by atoms with Crippen LogP contribution in [0.3, 0.4) is 0 Å². The van der Waals surface area contributed by atoms with E-state index < -0.39 is 0 Å². The normalized spacial score (nSPS) is 19.3. The summed E-state index contributed by atoms with van der Waals surface area (Å²) in [7, 11) is 1.84. The van der Waals surface area contributed by atoms with E-state index in [4.69, 9.17) is 0 Å². The van der Waals surface area contributed by atoms with E-state index >= 15 is 0 Å². The standard InChI is InChI=1S/C14H21N5O/c1-8(14(20)17-10-5-6-10)16-12-7-11(15-2)18-13(19-12)9-3-4-9/h7-10H,3-6H2,1-2H3,(H,17,20)(H2,15,16,18,19). The Balaban J connectivity index is 1.68. The summed E-state index contributed by atoms with van der Waals surface area (Å²) in [5.74, 6) is 2.89. The molecule has 2 fully saturated rings. The Bertz CT molecular complexity index is 510. The van der Waals surface area contributed by atoms with E-state index in [-0.39, 0.29) is 11.9 Å². The molecule has 1 amide bonds. The molecule has 0 aliphatic heterocycles. The summed E-state index contributed by atoms with van der Waals surface area (Å²) in [4.78, 5) is 20.9. The lowest BCUT2D eigenvalue weighted by Gasteiger charge is -2.15. The zero-order chi connectivity index (χ0) is 14.1. The Morgan fingerprint density at radius 1 is 1.25 bits per heavy atom. The van der Waals surface area contributed by atoms with Gasteiger partial charge in [-0.25, -0.2) is 9.97 Å². The lowest BCUT2D eigenvalue weighted by molar-refractivity contribution is -0.121. The summed E-state index contributed by atoms with van der Waals surface area (Å²) in [5, 5.41) is 9.20. The van der Waals surface area contributed by atoms with Gasteiger partial charge in [-0.2, -0.15) is 0 Å². The van der Waals surface area contributed by atoms with Gasteiger partial charge in [-0.15, -0.1) is 0 Å². The van der Waals surface area contributed by atoms with E-state index in [0.717, 1.165) is 37.3 Å². The van der Waals surface area contributed by atoms with Gasteiger partial charge in [-0.05, 0) is 32.6 Å². The van der Waals surface area contributed by atoms with Crippen molar-refractivity contribution in [1.82, 2.24) is 15.3 Å². The third-order valence-electron chi connectivity index (χ3n) is 3.62. The number of hydrogen-bond donors (Lipinski definition) is 3. The van der Waals surface area contributed by atoms with Crippen molar-refractivity contribution in [3.63, 3.8) is 0 Å². The zero-order valence-corrected chi connectivity index (χ0v) is 11.9. The number of anilines is 2. The largest absolute Gasteiger partial charge is 0.373 e. The highest BCUT2D eigenvalue weighted by Crippen LogP contribution is 2.38. The Morgan fingerprint density at radius 2 is 1.95 bits per heavy atom. The van der Waals surface area contributed by atoms with Crippen LogP contribution in [0.4, 0.5) is 11.6 Å². The summed E-state index contributed by atoms with van der Waals surface area (Å²) in [6.07, 6.45) is 4.51. The number of carbonyl (C=O) groups is 1. The van der Waals surface area contributed by atoms with Gasteiger partial charge in [0.15, 0.2) is 0 Å². The minimum absolute atomic E-state index is 0.0325. The lowest BCUT2D eigenvalue weighted by atomic mass is 10.3. The molecule has 0 bridgehead atoms. The van der Waals surface area contributed by atoms with E-state index in [1.807, 2.05) is 20.0 Å². The fraction of sp³-hybridized carbons (Fsp3) is 0.643. The van der Waals surface area contributed by atoms with Crippen LogP contribution in [0.1, 0.15) is 44.3 Å². The fourth-order valence-corrected chi connectivity index (χ4v) is 2.03. The molecule has 0 radical (unpaired) electrons. The molecule has 0 saturated heterocycles. The topological polar surface area (TPSA) is 78.9 Å². The van der Waals surface area contributed by atoms with Gasteiger partial charge < -0.3 is 16.0 Å². The van der Waals surface area contributed by atoms with Crippen LogP contribution in [0.2, 0.25) is 0 Å². The molecule has 6 heteroatoms. The Hall–Kier alpha value is -1.85. The smallest absolute Gasteiger partial charge is 0.242 e. The molecule has 2 aliphatic rings. The molecule has 3 N–H and O–H groups in total. The maximum absolute atomic E-state index is 12.0. The quantitative estimate of drug-likeness (QED) is 0.733. The molecule has 6 nitrogen and oxygen atoms in total. The number of nitrogens with one attached hydrogen (secondary N) is 3. The molecule has 1 aromatic rings. The van der Waals surface area contributed by atoms with Gasteiger partial charge in [0.25, 0.3) is 0 Å². The van der Waals surface area contributed by atoms with Gasteiger partial charge in [0.2, 0.25) is 5.91 Å². The second kappa shape index (κ2) is 5.26. The summed E-state index contributed by atoms with van der Waals surface area (Å²) in [6, 6.07) is 1.93. The van der Waals surface area contributed by atoms with Crippen LogP contribution < -0.4 is 16.0 Å². The monoisotopic (exact) mass is 275 g/mol. The molecule has 1 unspecified atom stereocenters. The lowest BCUT2D eigenvalue weighted by Crippen LogP contribution is -2.38. The maximum Gasteiger partial charge on any atom is 0.242 e. The molecule has 108 valence electrons. The van der Waals surface area contributed by atoms with Crippen LogP contribution in [-0.2, 0) is 4.79 Å². The van der Waals surface area contributed by atoms with Crippen molar-refractivity contribution < 1.29 is 4.79 Å². The van der Waals surface area contributed by atoms with Gasteiger partial charge in [-0.3, -0.25) is 4.79 Å². The van der Waals surface area contributed by atoms with Gasteiger partial charge in [-0.1, -0.05) is 0 Å². The highest BCUT2D eigenvalue weighted by atomic mass is 16.2. The summed E-state index contributed by atoms with van der Waals surface area (Å²) in [6.45, 7) is 1.86. The van der Waals surface area contributed by atoms with Crippen LogP contribution in [0.25, 0.3) is 0 Å². The van der Waals surface area contributed by atoms with Crippen LogP contribution in [0.15, 0.2) is 6.07 Å². The first-order valence-corrected chi connectivity index (χ1v) is 7.29. The fourth-order valence-electron chi connectivity index (χ4n) is 2.03. The second-order valence-electron chi connectivity index (χ2n) is 5.67. The van der Waals surface area contributed by atoms with E-state index in [1.165, 1.54) is 0 Å². The predicted octanol–water partition coefficient (Wildman–Crippen LogP) is 1.47. The Labute approximate surface area is 118 Å². The number of rotatable bonds is 6. The second-order valence-corrected chi connectivity index (χ2v) is 5.67. The van der Waals surface area contributed by atoms with Crippen LogP contribution in [-0.4, -0.2) is 35.0 Å². The number of nitrogens with zero attached hydrogens (tertiary/aromatic N) is 2. The summed E-state index contributed by atoms with van der Waals surface area (Å²) >= 11 is 0. The molecule has 1 heterocycles. The average molecular weight is 275 g/mol. The van der Waals surface area contributed by atoms with Crippen molar-refractivity contribution in [2.45, 2.75) is 50.6 Å². The number of carbonyl (C=O) groups excluding carboxylic acids is 1. The van der Waals surface area contributed by atoms with Crippen molar-refractivity contribution in [3.05, 3.63) is 11.9 Å². The Morgan fingerprint density at radius 3 is 2.55 bits per heavy atom. The molecule has 1 aromatic heterocycles. The van der Waals surface area contributed by atoms with Crippen LogP contribution in [0.5, 0.6) is 0 Å². The number of aromatic nitrogens is 2. The van der Waals surface area contributed by atoms with Crippen molar-refractivity contribution in [3.8, 4) is 0 Å². The third-order valence-corrected chi connectivity index (χ3v) is 3.62. The Kier molecular flexibility index (Phi) is 3.46. The van der Waals surface area contributed by atoms with Gasteiger partial charge >= 0.3 is 0 Å². The average Bonchev–Trinajstić information content (AvgIpc) is 3.30. The first kappa shape index (κ1) is 13.1. The predicted molar refractivity (Wildman–Crippen MR) is 77.8 cm³/mol. The molecular weight excluding hydrogens is 254 g/mol. The first-order valence-electron chi connectivity index (χ1n) is 7.29.